The van der Waals surface area contributed by atoms with Crippen LogP contribution in [-0.2, 0) is 10.8 Å². The van der Waals surface area contributed by atoms with E-state index in [1.807, 2.05) is 66.7 Å². The molecule has 0 radical (unpaired) electrons. The van der Waals surface area contributed by atoms with Gasteiger partial charge in [-0.3, -0.25) is 9.59 Å². The summed E-state index contributed by atoms with van der Waals surface area (Å²) >= 11 is 0. The fourth-order valence-electron chi connectivity index (χ4n) is 6.36. The number of carbonyl (C=O) groups excluding carboxylic acids is 2. The molecule has 0 saturated heterocycles. The molecule has 0 spiro atoms. The third-order valence-electron chi connectivity index (χ3n) is 8.84. The maximum atomic E-state index is 14.3. The maximum Gasteiger partial charge on any atom is 0.268 e. The van der Waals surface area contributed by atoms with Crippen LogP contribution in [0.3, 0.4) is 0 Å². The van der Waals surface area contributed by atoms with Crippen LogP contribution in [0.25, 0.3) is 38.6 Å². The summed E-state index contributed by atoms with van der Waals surface area (Å²) in [6.07, 6.45) is 0. The minimum atomic E-state index is -0.307. The third-order valence-corrected chi connectivity index (χ3v) is 8.84. The fourth-order valence-corrected chi connectivity index (χ4v) is 6.36. The van der Waals surface area contributed by atoms with Gasteiger partial charge in [0.2, 0.25) is 0 Å². The van der Waals surface area contributed by atoms with Crippen molar-refractivity contribution in [3.05, 3.63) is 131 Å². The molecular formula is C40H36N2O2. The van der Waals surface area contributed by atoms with Crippen molar-refractivity contribution in [3.8, 4) is 16.8 Å². The molecule has 4 nitrogen and oxygen atoms in total. The standard InChI is InChI=1S/C40H36N2O2/c1-39(2,3)27-18-20-33-31(23-27)32-24-28(40(4,5)6)19-21-34(32)42(33)35-17-11-16-30-36(35)38(44)41(37(30)43)29-15-10-14-26(22-29)25-12-8-7-9-13-25/h7-24H,1-6H3. The lowest BCUT2D eigenvalue weighted by atomic mass is 9.85. The van der Waals surface area contributed by atoms with Gasteiger partial charge in [-0.2, -0.15) is 0 Å². The first-order valence-corrected chi connectivity index (χ1v) is 15.2. The predicted octanol–water partition coefficient (Wildman–Crippen LogP) is 9.85. The summed E-state index contributed by atoms with van der Waals surface area (Å²) in [5.41, 5.74) is 8.60. The minimum Gasteiger partial charge on any atom is -0.308 e. The number of hydrogen-bond acceptors (Lipinski definition) is 2. The number of rotatable bonds is 3. The number of fused-ring (bicyclic) bond motifs is 4. The van der Waals surface area contributed by atoms with E-state index in [0.717, 1.165) is 38.6 Å². The van der Waals surface area contributed by atoms with Gasteiger partial charge < -0.3 is 4.57 Å². The zero-order chi connectivity index (χ0) is 31.0. The average molecular weight is 577 g/mol. The van der Waals surface area contributed by atoms with Gasteiger partial charge in [-0.25, -0.2) is 4.90 Å². The Balaban J connectivity index is 1.44. The number of nitrogens with zero attached hydrogens (tertiary/aromatic N) is 2. The number of anilines is 1. The van der Waals surface area contributed by atoms with Crippen LogP contribution in [0.15, 0.2) is 109 Å². The van der Waals surface area contributed by atoms with Gasteiger partial charge in [0.05, 0.1) is 33.5 Å². The monoisotopic (exact) mass is 576 g/mol. The Morgan fingerprint density at radius 3 is 1.68 bits per heavy atom. The van der Waals surface area contributed by atoms with Crippen molar-refractivity contribution in [2.24, 2.45) is 0 Å². The first-order valence-electron chi connectivity index (χ1n) is 15.2. The highest BCUT2D eigenvalue weighted by Crippen LogP contribution is 2.40. The fraction of sp³-hybridized carbons (Fsp3) is 0.200. The zero-order valence-electron chi connectivity index (χ0n) is 26.1. The molecule has 1 aliphatic heterocycles. The lowest BCUT2D eigenvalue weighted by Gasteiger charge is -2.19. The predicted molar refractivity (Wildman–Crippen MR) is 181 cm³/mol. The lowest BCUT2D eigenvalue weighted by Crippen LogP contribution is -2.29. The van der Waals surface area contributed by atoms with Gasteiger partial charge >= 0.3 is 0 Å². The van der Waals surface area contributed by atoms with Gasteiger partial charge in [0.15, 0.2) is 0 Å². The molecule has 6 aromatic rings. The van der Waals surface area contributed by atoms with Crippen LogP contribution in [0.5, 0.6) is 0 Å². The Morgan fingerprint density at radius 2 is 1.09 bits per heavy atom. The number of benzene rings is 5. The summed E-state index contributed by atoms with van der Waals surface area (Å²) in [6, 6.07) is 36.5. The Labute approximate surface area is 258 Å². The molecule has 5 aromatic carbocycles. The zero-order valence-corrected chi connectivity index (χ0v) is 26.1. The molecule has 0 aliphatic carbocycles. The molecule has 1 aliphatic rings. The molecule has 0 fully saturated rings. The number of imide groups is 1. The van der Waals surface area contributed by atoms with Gasteiger partial charge in [0.25, 0.3) is 11.8 Å². The largest absolute Gasteiger partial charge is 0.308 e. The highest BCUT2D eigenvalue weighted by atomic mass is 16.2. The molecular weight excluding hydrogens is 540 g/mol. The number of amides is 2. The summed E-state index contributed by atoms with van der Waals surface area (Å²) in [7, 11) is 0. The minimum absolute atomic E-state index is 0.0184. The molecule has 218 valence electrons. The second-order valence-corrected chi connectivity index (χ2v) is 13.9. The molecule has 0 unspecified atom stereocenters. The molecule has 2 heterocycles. The Hall–Kier alpha value is -4.96. The van der Waals surface area contributed by atoms with Gasteiger partial charge in [-0.1, -0.05) is 102 Å². The number of aromatic nitrogens is 1. The van der Waals surface area contributed by atoms with Crippen LogP contribution >= 0.6 is 0 Å². The second kappa shape index (κ2) is 9.78. The summed E-state index contributed by atoms with van der Waals surface area (Å²) in [5.74, 6) is -0.610. The third kappa shape index (κ3) is 4.36. The molecule has 0 N–H and O–H groups in total. The van der Waals surface area contributed by atoms with Crippen molar-refractivity contribution >= 4 is 39.3 Å². The van der Waals surface area contributed by atoms with Crippen LogP contribution in [0.2, 0.25) is 0 Å². The second-order valence-electron chi connectivity index (χ2n) is 13.9. The van der Waals surface area contributed by atoms with E-state index in [0.29, 0.717) is 16.8 Å². The lowest BCUT2D eigenvalue weighted by molar-refractivity contribution is 0.0926. The summed E-state index contributed by atoms with van der Waals surface area (Å²) in [6.45, 7) is 13.4. The van der Waals surface area contributed by atoms with E-state index in [1.54, 1.807) is 6.07 Å². The van der Waals surface area contributed by atoms with Crippen LogP contribution in [-0.4, -0.2) is 16.4 Å². The van der Waals surface area contributed by atoms with E-state index in [9.17, 15) is 9.59 Å². The van der Waals surface area contributed by atoms with Gasteiger partial charge in [-0.05, 0) is 81.6 Å². The number of hydrogen-bond donors (Lipinski definition) is 0. The van der Waals surface area contributed by atoms with E-state index in [2.05, 4.69) is 82.5 Å². The molecule has 0 atom stereocenters. The first-order chi connectivity index (χ1) is 20.9. The highest BCUT2D eigenvalue weighted by Gasteiger charge is 2.39. The van der Waals surface area contributed by atoms with Gasteiger partial charge in [0.1, 0.15) is 0 Å². The molecule has 7 rings (SSSR count). The van der Waals surface area contributed by atoms with E-state index >= 15 is 0 Å². The summed E-state index contributed by atoms with van der Waals surface area (Å²) < 4.78 is 2.16. The topological polar surface area (TPSA) is 42.3 Å². The van der Waals surface area contributed by atoms with Crippen LogP contribution < -0.4 is 4.90 Å². The van der Waals surface area contributed by atoms with E-state index in [1.165, 1.54) is 16.0 Å². The van der Waals surface area contributed by atoms with Gasteiger partial charge in [-0.15, -0.1) is 0 Å². The highest BCUT2D eigenvalue weighted by molar-refractivity contribution is 6.36. The smallest absolute Gasteiger partial charge is 0.268 e. The maximum absolute atomic E-state index is 14.3. The Morgan fingerprint density at radius 1 is 0.523 bits per heavy atom. The molecule has 44 heavy (non-hydrogen) atoms. The number of carbonyl (C=O) groups is 2. The normalized spacial score (nSPS) is 13.7. The summed E-state index contributed by atoms with van der Waals surface area (Å²) in [5, 5.41) is 2.28. The SMILES string of the molecule is CC(C)(C)c1ccc2c(c1)c1cc(C(C)(C)C)ccc1n2-c1cccc2c1C(=O)N(c1cccc(-c3ccccc3)c1)C2=O. The van der Waals surface area contributed by atoms with E-state index in [4.69, 9.17) is 0 Å². The van der Waals surface area contributed by atoms with Crippen molar-refractivity contribution in [1.29, 1.82) is 0 Å². The van der Waals surface area contributed by atoms with Crippen molar-refractivity contribution in [2.45, 2.75) is 52.4 Å². The molecule has 2 amide bonds. The van der Waals surface area contributed by atoms with Crippen molar-refractivity contribution < 1.29 is 9.59 Å². The molecule has 4 heteroatoms. The quantitative estimate of drug-likeness (QED) is 0.197. The first kappa shape index (κ1) is 27.8. The van der Waals surface area contributed by atoms with E-state index in [-0.39, 0.29) is 22.6 Å². The average Bonchev–Trinajstić information content (AvgIpc) is 3.47. The van der Waals surface area contributed by atoms with Crippen molar-refractivity contribution in [3.63, 3.8) is 0 Å². The van der Waals surface area contributed by atoms with Crippen molar-refractivity contribution in [2.75, 3.05) is 4.90 Å². The van der Waals surface area contributed by atoms with Crippen LogP contribution in [0, 0.1) is 0 Å². The molecule has 0 bridgehead atoms. The Bertz CT molecular complexity index is 2050. The van der Waals surface area contributed by atoms with Crippen LogP contribution in [0.4, 0.5) is 5.69 Å². The van der Waals surface area contributed by atoms with Crippen LogP contribution in [0.1, 0.15) is 73.4 Å². The van der Waals surface area contributed by atoms with Crippen molar-refractivity contribution in [1.82, 2.24) is 4.57 Å². The Kier molecular flexibility index (Phi) is 6.19. The molecule has 0 saturated carbocycles. The summed E-state index contributed by atoms with van der Waals surface area (Å²) in [4.78, 5) is 29.5. The van der Waals surface area contributed by atoms with E-state index < -0.39 is 0 Å². The van der Waals surface area contributed by atoms with Gasteiger partial charge in [0, 0.05) is 10.8 Å². The molecule has 1 aromatic heterocycles.